The lowest BCUT2D eigenvalue weighted by Gasteiger charge is -2.44. The maximum Gasteiger partial charge on any atom is 0.328 e. The first kappa shape index (κ1) is 30.3. The summed E-state index contributed by atoms with van der Waals surface area (Å²) in [7, 11) is 1.69. The Bertz CT molecular complexity index is 1150. The van der Waals surface area contributed by atoms with Gasteiger partial charge in [-0.1, -0.05) is 45.4 Å². The van der Waals surface area contributed by atoms with Gasteiger partial charge in [-0.3, -0.25) is 4.90 Å². The minimum Gasteiger partial charge on any atom is -0.496 e. The molecule has 1 fully saturated rings. The molecule has 1 unspecified atom stereocenters. The predicted octanol–water partition coefficient (Wildman–Crippen LogP) is 6.24. The Morgan fingerprint density at radius 2 is 1.85 bits per heavy atom. The second kappa shape index (κ2) is 12.9. The van der Waals surface area contributed by atoms with Gasteiger partial charge in [-0.15, -0.1) is 0 Å². The SMILES string of the molecule is COc1cccc(C(C(=O)OC(C)(C)C)N2CC(OCCCCCc3ccc4c(n3)NCCC4)C2)c1C(C)(C)C. The molecule has 1 atom stereocenters. The first-order valence-electron chi connectivity index (χ1n) is 14.9. The number of aryl methyl sites for hydroxylation is 2. The van der Waals surface area contributed by atoms with Gasteiger partial charge in [0, 0.05) is 37.5 Å². The smallest absolute Gasteiger partial charge is 0.328 e. The van der Waals surface area contributed by atoms with Gasteiger partial charge in [0.1, 0.15) is 23.2 Å². The van der Waals surface area contributed by atoms with Crippen LogP contribution in [0.25, 0.3) is 0 Å². The molecule has 2 aliphatic heterocycles. The van der Waals surface area contributed by atoms with Gasteiger partial charge in [-0.2, -0.15) is 0 Å². The first-order chi connectivity index (χ1) is 19.0. The number of methoxy groups -OCH3 is 1. The zero-order chi connectivity index (χ0) is 28.9. The van der Waals surface area contributed by atoms with Crippen LogP contribution in [0, 0.1) is 0 Å². The molecule has 0 bridgehead atoms. The van der Waals surface area contributed by atoms with Crippen LogP contribution in [-0.4, -0.2) is 60.9 Å². The molecule has 40 heavy (non-hydrogen) atoms. The van der Waals surface area contributed by atoms with E-state index in [0.29, 0.717) is 13.1 Å². The molecule has 1 N–H and O–H groups in total. The minimum absolute atomic E-state index is 0.127. The Kier molecular flexibility index (Phi) is 9.78. The largest absolute Gasteiger partial charge is 0.496 e. The molecule has 1 saturated heterocycles. The summed E-state index contributed by atoms with van der Waals surface area (Å²) >= 11 is 0. The fourth-order valence-electron chi connectivity index (χ4n) is 5.71. The van der Waals surface area contributed by atoms with Crippen LogP contribution in [0.4, 0.5) is 5.82 Å². The number of ether oxygens (including phenoxy) is 3. The van der Waals surface area contributed by atoms with E-state index in [1.165, 1.54) is 17.7 Å². The van der Waals surface area contributed by atoms with Crippen molar-refractivity contribution in [3.8, 4) is 5.75 Å². The van der Waals surface area contributed by atoms with E-state index >= 15 is 0 Å². The van der Waals surface area contributed by atoms with E-state index in [4.69, 9.17) is 19.2 Å². The molecule has 3 heterocycles. The van der Waals surface area contributed by atoms with Crippen molar-refractivity contribution in [2.75, 3.05) is 38.7 Å². The Labute approximate surface area is 241 Å². The van der Waals surface area contributed by atoms with E-state index < -0.39 is 11.6 Å². The summed E-state index contributed by atoms with van der Waals surface area (Å²) in [6.45, 7) is 15.4. The number of fused-ring (bicyclic) bond motifs is 1. The van der Waals surface area contributed by atoms with Crippen molar-refractivity contribution in [2.24, 2.45) is 0 Å². The first-order valence-corrected chi connectivity index (χ1v) is 14.9. The number of anilines is 1. The van der Waals surface area contributed by atoms with Gasteiger partial charge in [0.05, 0.1) is 13.2 Å². The number of rotatable bonds is 11. The zero-order valence-electron chi connectivity index (χ0n) is 25.6. The number of hydrogen-bond acceptors (Lipinski definition) is 7. The van der Waals surface area contributed by atoms with E-state index in [-0.39, 0.29) is 17.5 Å². The highest BCUT2D eigenvalue weighted by atomic mass is 16.6. The quantitative estimate of drug-likeness (QED) is 0.262. The van der Waals surface area contributed by atoms with Crippen molar-refractivity contribution in [1.82, 2.24) is 9.88 Å². The standard InChI is InChI=1S/C33H49N3O4/c1-32(2,3)28-26(15-11-16-27(28)38-7)29(31(37)40-33(4,5)6)36-21-25(22-36)39-20-10-8-9-14-24-18-17-23-13-12-19-34-30(23)35-24/h11,15-18,25,29H,8-10,12-14,19-22H2,1-7H3,(H,34,35). The molecule has 0 spiro atoms. The number of nitrogens with zero attached hydrogens (tertiary/aromatic N) is 2. The number of hydrogen-bond donors (Lipinski definition) is 1. The summed E-state index contributed by atoms with van der Waals surface area (Å²) in [6, 6.07) is 9.89. The number of esters is 1. The topological polar surface area (TPSA) is 72.9 Å². The highest BCUT2D eigenvalue weighted by molar-refractivity contribution is 5.79. The lowest BCUT2D eigenvalue weighted by molar-refractivity contribution is -0.168. The lowest BCUT2D eigenvalue weighted by atomic mass is 9.80. The van der Waals surface area contributed by atoms with E-state index in [2.05, 4.69) is 43.1 Å². The number of pyridine rings is 1. The Morgan fingerprint density at radius 3 is 2.55 bits per heavy atom. The molecule has 0 aliphatic carbocycles. The number of likely N-dealkylation sites (tertiary alicyclic amines) is 1. The van der Waals surface area contributed by atoms with Gasteiger partial charge in [-0.05, 0) is 81.5 Å². The van der Waals surface area contributed by atoms with E-state index in [9.17, 15) is 4.79 Å². The molecule has 7 heteroatoms. The van der Waals surface area contributed by atoms with Gasteiger partial charge < -0.3 is 19.5 Å². The maximum absolute atomic E-state index is 13.6. The van der Waals surface area contributed by atoms with E-state index in [0.717, 1.165) is 68.0 Å². The Hall–Kier alpha value is -2.64. The van der Waals surface area contributed by atoms with Crippen LogP contribution in [-0.2, 0) is 32.5 Å². The molecule has 0 saturated carbocycles. The summed E-state index contributed by atoms with van der Waals surface area (Å²) in [5, 5.41) is 3.42. The van der Waals surface area contributed by atoms with Gasteiger partial charge >= 0.3 is 5.97 Å². The number of aromatic nitrogens is 1. The second-order valence-electron chi connectivity index (χ2n) is 13.2. The fraction of sp³-hybridized carbons (Fsp3) is 0.636. The second-order valence-corrected chi connectivity index (χ2v) is 13.2. The lowest BCUT2D eigenvalue weighted by Crippen LogP contribution is -2.56. The zero-order valence-corrected chi connectivity index (χ0v) is 25.6. The molecular weight excluding hydrogens is 502 g/mol. The van der Waals surface area contributed by atoms with Crippen LogP contribution in [0.1, 0.15) is 95.7 Å². The number of nitrogens with one attached hydrogen (secondary N) is 1. The highest BCUT2D eigenvalue weighted by Crippen LogP contribution is 2.41. The Balaban J connectivity index is 1.30. The number of benzene rings is 1. The molecule has 7 nitrogen and oxygen atoms in total. The molecule has 220 valence electrons. The van der Waals surface area contributed by atoms with Crippen molar-refractivity contribution < 1.29 is 19.0 Å². The van der Waals surface area contributed by atoms with E-state index in [1.54, 1.807) is 7.11 Å². The van der Waals surface area contributed by atoms with Gasteiger partial charge in [0.15, 0.2) is 0 Å². The third-order valence-electron chi connectivity index (χ3n) is 7.58. The predicted molar refractivity (Wildman–Crippen MR) is 160 cm³/mol. The molecule has 4 rings (SSSR count). The van der Waals surface area contributed by atoms with Crippen LogP contribution in [0.15, 0.2) is 30.3 Å². The highest BCUT2D eigenvalue weighted by Gasteiger charge is 2.42. The van der Waals surface area contributed by atoms with Crippen LogP contribution >= 0.6 is 0 Å². The van der Waals surface area contributed by atoms with E-state index in [1.807, 2.05) is 39.0 Å². The number of unbranched alkanes of at least 4 members (excludes halogenated alkanes) is 2. The van der Waals surface area contributed by atoms with Crippen molar-refractivity contribution in [1.29, 1.82) is 0 Å². The van der Waals surface area contributed by atoms with Crippen LogP contribution in [0.3, 0.4) is 0 Å². The molecule has 0 radical (unpaired) electrons. The number of carbonyl (C=O) groups excluding carboxylic acids is 1. The number of carbonyl (C=O) groups is 1. The van der Waals surface area contributed by atoms with Crippen molar-refractivity contribution >= 4 is 11.8 Å². The summed E-state index contributed by atoms with van der Waals surface area (Å²) in [6.07, 6.45) is 6.69. The molecule has 1 aromatic heterocycles. The van der Waals surface area contributed by atoms with Gasteiger partial charge in [0.2, 0.25) is 0 Å². The average Bonchev–Trinajstić information content (AvgIpc) is 2.86. The molecule has 2 aliphatic rings. The molecule has 0 amide bonds. The molecular formula is C33H49N3O4. The fourth-order valence-corrected chi connectivity index (χ4v) is 5.71. The molecule has 2 aromatic rings. The maximum atomic E-state index is 13.6. The molecule has 1 aromatic carbocycles. The van der Waals surface area contributed by atoms with Gasteiger partial charge in [0.25, 0.3) is 0 Å². The summed E-state index contributed by atoms with van der Waals surface area (Å²) in [5.41, 5.74) is 3.74. The van der Waals surface area contributed by atoms with Crippen LogP contribution < -0.4 is 10.1 Å². The van der Waals surface area contributed by atoms with Crippen molar-refractivity contribution in [3.63, 3.8) is 0 Å². The van der Waals surface area contributed by atoms with Crippen LogP contribution in [0.5, 0.6) is 5.75 Å². The summed E-state index contributed by atoms with van der Waals surface area (Å²) < 4.78 is 17.8. The van der Waals surface area contributed by atoms with Gasteiger partial charge in [-0.25, -0.2) is 9.78 Å². The van der Waals surface area contributed by atoms with Crippen LogP contribution in [0.2, 0.25) is 0 Å². The third-order valence-corrected chi connectivity index (χ3v) is 7.58. The van der Waals surface area contributed by atoms with Crippen molar-refractivity contribution in [2.45, 2.75) is 103 Å². The minimum atomic E-state index is -0.567. The Morgan fingerprint density at radius 1 is 1.07 bits per heavy atom. The van der Waals surface area contributed by atoms with Crippen molar-refractivity contribution in [3.05, 3.63) is 52.7 Å². The normalized spacial score (nSPS) is 17.0. The third kappa shape index (κ3) is 7.76. The monoisotopic (exact) mass is 551 g/mol. The average molecular weight is 552 g/mol. The summed E-state index contributed by atoms with van der Waals surface area (Å²) in [4.78, 5) is 20.5. The summed E-state index contributed by atoms with van der Waals surface area (Å²) in [5.74, 6) is 1.65.